The first-order valence-electron chi connectivity index (χ1n) is 5.57. The molecule has 0 unspecified atom stereocenters. The van der Waals surface area contributed by atoms with E-state index in [0.717, 1.165) is 22.2 Å². The molecule has 0 atom stereocenters. The molecule has 0 aliphatic heterocycles. The molecule has 0 aliphatic rings. The van der Waals surface area contributed by atoms with Crippen LogP contribution in [0.3, 0.4) is 0 Å². The number of anilines is 2. The van der Waals surface area contributed by atoms with Crippen LogP contribution in [0.2, 0.25) is 0 Å². The molecule has 0 radical (unpaired) electrons. The minimum Gasteiger partial charge on any atom is -0.469 e. The SMILES string of the molecule is Nc1nc(N)c2c(Cc3ccco3)cccc2n1. The molecule has 2 heterocycles. The van der Waals surface area contributed by atoms with Gasteiger partial charge in [0.1, 0.15) is 11.6 Å². The topological polar surface area (TPSA) is 91.0 Å². The number of rotatable bonds is 2. The molecule has 1 aromatic carbocycles. The Balaban J connectivity index is 2.17. The zero-order valence-electron chi connectivity index (χ0n) is 9.63. The van der Waals surface area contributed by atoms with Gasteiger partial charge in [0.2, 0.25) is 5.95 Å². The number of furan rings is 1. The Morgan fingerprint density at radius 1 is 1.06 bits per heavy atom. The number of fused-ring (bicyclic) bond motifs is 1. The summed E-state index contributed by atoms with van der Waals surface area (Å²) in [6.45, 7) is 0. The van der Waals surface area contributed by atoms with Gasteiger partial charge < -0.3 is 15.9 Å². The summed E-state index contributed by atoms with van der Waals surface area (Å²) in [7, 11) is 0. The standard InChI is InChI=1S/C13H12N4O/c14-12-11-8(7-9-4-2-6-18-9)3-1-5-10(11)16-13(15)17-12/h1-6H,7H2,(H4,14,15,16,17). The van der Waals surface area contributed by atoms with Crippen molar-refractivity contribution in [1.82, 2.24) is 9.97 Å². The molecule has 3 rings (SSSR count). The van der Waals surface area contributed by atoms with Crippen LogP contribution in [0.15, 0.2) is 41.0 Å². The quantitative estimate of drug-likeness (QED) is 0.714. The second-order valence-corrected chi connectivity index (χ2v) is 4.03. The average molecular weight is 240 g/mol. The smallest absolute Gasteiger partial charge is 0.222 e. The molecule has 0 amide bonds. The van der Waals surface area contributed by atoms with Crippen LogP contribution in [-0.4, -0.2) is 9.97 Å². The molecular weight excluding hydrogens is 228 g/mol. The van der Waals surface area contributed by atoms with E-state index in [4.69, 9.17) is 15.9 Å². The molecule has 5 heteroatoms. The Bertz CT molecular complexity index is 692. The minimum atomic E-state index is 0.190. The van der Waals surface area contributed by atoms with Gasteiger partial charge in [-0.3, -0.25) is 0 Å². The Hall–Kier alpha value is -2.56. The van der Waals surface area contributed by atoms with Crippen LogP contribution in [0.5, 0.6) is 0 Å². The van der Waals surface area contributed by atoms with Crippen molar-refractivity contribution in [2.75, 3.05) is 11.5 Å². The van der Waals surface area contributed by atoms with Crippen LogP contribution >= 0.6 is 0 Å². The number of benzene rings is 1. The van der Waals surface area contributed by atoms with Gasteiger partial charge in [-0.1, -0.05) is 12.1 Å². The highest BCUT2D eigenvalue weighted by Crippen LogP contribution is 2.25. The third-order valence-corrected chi connectivity index (χ3v) is 2.80. The van der Waals surface area contributed by atoms with E-state index >= 15 is 0 Å². The maximum atomic E-state index is 5.93. The predicted octanol–water partition coefficient (Wildman–Crippen LogP) is 1.98. The van der Waals surface area contributed by atoms with Crippen molar-refractivity contribution < 1.29 is 4.42 Å². The van der Waals surface area contributed by atoms with Crippen molar-refractivity contribution in [3.05, 3.63) is 47.9 Å². The Morgan fingerprint density at radius 3 is 2.72 bits per heavy atom. The van der Waals surface area contributed by atoms with E-state index in [1.54, 1.807) is 6.26 Å². The highest BCUT2D eigenvalue weighted by atomic mass is 16.3. The highest BCUT2D eigenvalue weighted by molar-refractivity contribution is 5.92. The predicted molar refractivity (Wildman–Crippen MR) is 69.9 cm³/mol. The largest absolute Gasteiger partial charge is 0.469 e. The molecule has 0 fully saturated rings. The van der Waals surface area contributed by atoms with Crippen LogP contribution in [0.25, 0.3) is 10.9 Å². The summed E-state index contributed by atoms with van der Waals surface area (Å²) in [5.41, 5.74) is 13.3. The van der Waals surface area contributed by atoms with Crippen molar-refractivity contribution >= 4 is 22.7 Å². The van der Waals surface area contributed by atoms with E-state index in [1.165, 1.54) is 0 Å². The van der Waals surface area contributed by atoms with E-state index in [2.05, 4.69) is 9.97 Å². The van der Waals surface area contributed by atoms with E-state index in [-0.39, 0.29) is 5.95 Å². The van der Waals surface area contributed by atoms with Gasteiger partial charge in [0, 0.05) is 11.8 Å². The maximum Gasteiger partial charge on any atom is 0.222 e. The van der Waals surface area contributed by atoms with Crippen LogP contribution in [0.1, 0.15) is 11.3 Å². The minimum absolute atomic E-state index is 0.190. The molecule has 18 heavy (non-hydrogen) atoms. The second kappa shape index (κ2) is 4.03. The lowest BCUT2D eigenvalue weighted by atomic mass is 10.0. The van der Waals surface area contributed by atoms with Gasteiger partial charge in [-0.05, 0) is 23.8 Å². The fraction of sp³-hybridized carbons (Fsp3) is 0.0769. The van der Waals surface area contributed by atoms with Gasteiger partial charge in [0.25, 0.3) is 0 Å². The number of nitrogens with zero attached hydrogens (tertiary/aromatic N) is 2. The van der Waals surface area contributed by atoms with Gasteiger partial charge in [-0.2, -0.15) is 4.98 Å². The lowest BCUT2D eigenvalue weighted by molar-refractivity contribution is 0.521. The highest BCUT2D eigenvalue weighted by Gasteiger charge is 2.09. The molecule has 0 saturated heterocycles. The van der Waals surface area contributed by atoms with E-state index < -0.39 is 0 Å². The number of nitrogen functional groups attached to an aromatic ring is 2. The first-order valence-corrected chi connectivity index (χ1v) is 5.57. The first-order chi connectivity index (χ1) is 8.74. The molecule has 2 aromatic heterocycles. The van der Waals surface area contributed by atoms with Crippen molar-refractivity contribution in [3.63, 3.8) is 0 Å². The molecule has 4 N–H and O–H groups in total. The molecule has 0 saturated carbocycles. The van der Waals surface area contributed by atoms with Crippen LogP contribution in [-0.2, 0) is 6.42 Å². The first kappa shape index (κ1) is 10.6. The summed E-state index contributed by atoms with van der Waals surface area (Å²) < 4.78 is 5.34. The fourth-order valence-electron chi connectivity index (χ4n) is 2.05. The van der Waals surface area contributed by atoms with Crippen LogP contribution in [0, 0.1) is 0 Å². The molecule has 3 aromatic rings. The monoisotopic (exact) mass is 240 g/mol. The molecule has 90 valence electrons. The summed E-state index contributed by atoms with van der Waals surface area (Å²) in [5.74, 6) is 1.47. The van der Waals surface area contributed by atoms with Gasteiger partial charge in [-0.25, -0.2) is 4.98 Å². The lowest BCUT2D eigenvalue weighted by Gasteiger charge is -2.07. The van der Waals surface area contributed by atoms with E-state index in [9.17, 15) is 0 Å². The molecule has 5 nitrogen and oxygen atoms in total. The van der Waals surface area contributed by atoms with Crippen molar-refractivity contribution in [3.8, 4) is 0 Å². The maximum absolute atomic E-state index is 5.93. The third kappa shape index (κ3) is 1.75. The van der Waals surface area contributed by atoms with Crippen molar-refractivity contribution in [2.24, 2.45) is 0 Å². The number of hydrogen-bond donors (Lipinski definition) is 2. The Kier molecular flexibility index (Phi) is 2.37. The normalized spacial score (nSPS) is 10.9. The Morgan fingerprint density at radius 2 is 1.94 bits per heavy atom. The number of nitrogens with two attached hydrogens (primary N) is 2. The summed E-state index contributed by atoms with van der Waals surface area (Å²) >= 11 is 0. The van der Waals surface area contributed by atoms with Gasteiger partial charge >= 0.3 is 0 Å². The summed E-state index contributed by atoms with van der Waals surface area (Å²) in [5, 5.41) is 0.836. The van der Waals surface area contributed by atoms with Gasteiger partial charge in [0.15, 0.2) is 0 Å². The molecule has 0 spiro atoms. The molecular formula is C13H12N4O. The summed E-state index contributed by atoms with van der Waals surface area (Å²) in [6.07, 6.45) is 2.31. The fourth-order valence-corrected chi connectivity index (χ4v) is 2.05. The van der Waals surface area contributed by atoms with Crippen molar-refractivity contribution in [2.45, 2.75) is 6.42 Å². The van der Waals surface area contributed by atoms with Gasteiger partial charge in [0.05, 0.1) is 11.8 Å². The zero-order valence-corrected chi connectivity index (χ0v) is 9.63. The van der Waals surface area contributed by atoms with Gasteiger partial charge in [-0.15, -0.1) is 0 Å². The second-order valence-electron chi connectivity index (χ2n) is 4.03. The van der Waals surface area contributed by atoms with Crippen molar-refractivity contribution in [1.29, 1.82) is 0 Å². The third-order valence-electron chi connectivity index (χ3n) is 2.80. The summed E-state index contributed by atoms with van der Waals surface area (Å²) in [4.78, 5) is 8.19. The van der Waals surface area contributed by atoms with Crippen LogP contribution in [0.4, 0.5) is 11.8 Å². The molecule has 0 bridgehead atoms. The lowest BCUT2D eigenvalue weighted by Crippen LogP contribution is -2.02. The van der Waals surface area contributed by atoms with Crippen LogP contribution < -0.4 is 11.5 Å². The molecule has 0 aliphatic carbocycles. The zero-order chi connectivity index (χ0) is 12.5. The summed E-state index contributed by atoms with van der Waals surface area (Å²) in [6, 6.07) is 9.56. The number of aromatic nitrogens is 2. The average Bonchev–Trinajstić information content (AvgIpc) is 2.81. The van der Waals surface area contributed by atoms with E-state index in [1.807, 2.05) is 30.3 Å². The number of hydrogen-bond acceptors (Lipinski definition) is 5. The Labute approximate surface area is 103 Å². The van der Waals surface area contributed by atoms with E-state index in [0.29, 0.717) is 12.2 Å².